The number of amides is 1. The molecule has 2 aromatic rings. The number of hydrogen-bond acceptors (Lipinski definition) is 6. The molecule has 2 aliphatic heterocycles. The fourth-order valence-corrected chi connectivity index (χ4v) is 6.18. The van der Waals surface area contributed by atoms with Crippen molar-refractivity contribution in [2.45, 2.75) is 51.0 Å². The van der Waals surface area contributed by atoms with Crippen LogP contribution < -0.4 is 9.47 Å². The van der Waals surface area contributed by atoms with E-state index in [1.54, 1.807) is 7.11 Å². The third-order valence-corrected chi connectivity index (χ3v) is 8.30. The Morgan fingerprint density at radius 3 is 2.60 bits per heavy atom. The summed E-state index contributed by atoms with van der Waals surface area (Å²) in [7, 11) is 5.72. The van der Waals surface area contributed by atoms with Crippen molar-refractivity contribution in [2.75, 3.05) is 60.5 Å². The van der Waals surface area contributed by atoms with Gasteiger partial charge in [-0.15, -0.1) is 0 Å². The summed E-state index contributed by atoms with van der Waals surface area (Å²) in [4.78, 5) is 32.9. The molecule has 8 heteroatoms. The second-order valence-electron chi connectivity index (χ2n) is 11.3. The lowest BCUT2D eigenvalue weighted by atomic mass is 9.82. The summed E-state index contributed by atoms with van der Waals surface area (Å²) in [5, 5.41) is 10.6. The first-order valence-corrected chi connectivity index (χ1v) is 14.6. The number of methoxy groups -OCH3 is 1. The number of carbonyl (C=O) groups excluding carboxylic acids is 1. The van der Waals surface area contributed by atoms with Gasteiger partial charge in [-0.2, -0.15) is 0 Å². The molecule has 1 amide bonds. The second-order valence-corrected chi connectivity index (χ2v) is 11.3. The molecule has 0 saturated carbocycles. The van der Waals surface area contributed by atoms with Crippen LogP contribution in [0.25, 0.3) is 0 Å². The van der Waals surface area contributed by atoms with Gasteiger partial charge >= 0.3 is 5.97 Å². The van der Waals surface area contributed by atoms with Crippen molar-refractivity contribution >= 4 is 11.9 Å². The summed E-state index contributed by atoms with van der Waals surface area (Å²) in [6.45, 7) is 5.87. The van der Waals surface area contributed by atoms with Crippen LogP contribution in [0.5, 0.6) is 11.5 Å². The van der Waals surface area contributed by atoms with Crippen LogP contribution in [0.2, 0.25) is 0 Å². The maximum Gasteiger partial charge on any atom is 0.308 e. The number of benzene rings is 2. The number of ether oxygens (including phenoxy) is 2. The first-order chi connectivity index (χ1) is 19.3. The highest BCUT2D eigenvalue weighted by Crippen LogP contribution is 2.41. The highest BCUT2D eigenvalue weighted by atomic mass is 16.5. The van der Waals surface area contributed by atoms with Crippen molar-refractivity contribution in [3.05, 3.63) is 59.2 Å². The Balaban J connectivity index is 1.63. The van der Waals surface area contributed by atoms with E-state index in [0.29, 0.717) is 26.1 Å². The number of carboxylic acids is 1. The number of aliphatic carboxylic acids is 1. The van der Waals surface area contributed by atoms with E-state index in [-0.39, 0.29) is 24.4 Å². The number of para-hydroxylation sites is 1. The Hall–Kier alpha value is -3.10. The quantitative estimate of drug-likeness (QED) is 0.381. The number of unbranched alkanes of at least 4 members (excludes halogenated alkanes) is 1. The molecule has 1 saturated heterocycles. The van der Waals surface area contributed by atoms with Crippen LogP contribution in [0.1, 0.15) is 48.8 Å². The summed E-state index contributed by atoms with van der Waals surface area (Å²) < 4.78 is 11.3. The molecule has 4 rings (SSSR count). The predicted octanol–water partition coefficient (Wildman–Crippen LogP) is 3.92. The average molecular weight is 552 g/mol. The fraction of sp³-hybridized carbons (Fsp3) is 0.562. The molecule has 2 heterocycles. The van der Waals surface area contributed by atoms with Crippen molar-refractivity contribution in [1.82, 2.24) is 14.7 Å². The SMILES string of the molecule is CCCCN(CCCN(C)C)C(=O)CN1C[C@H](c2ccc3c(c2)CCO3)[C@@H](C(=O)O)[C@@H]1Cc1ccccc1OC. The average Bonchev–Trinajstić information content (AvgIpc) is 3.55. The Kier molecular flexibility index (Phi) is 10.5. The summed E-state index contributed by atoms with van der Waals surface area (Å²) in [6.07, 6.45) is 4.21. The van der Waals surface area contributed by atoms with E-state index >= 15 is 0 Å². The van der Waals surface area contributed by atoms with Crippen LogP contribution in [-0.2, 0) is 22.4 Å². The highest BCUT2D eigenvalue weighted by molar-refractivity contribution is 5.79. The lowest BCUT2D eigenvalue weighted by molar-refractivity contribution is -0.143. The van der Waals surface area contributed by atoms with Gasteiger partial charge in [-0.25, -0.2) is 0 Å². The molecule has 40 heavy (non-hydrogen) atoms. The van der Waals surface area contributed by atoms with E-state index in [4.69, 9.17) is 9.47 Å². The molecule has 1 N–H and O–H groups in total. The van der Waals surface area contributed by atoms with Crippen LogP contribution in [-0.4, -0.2) is 98.3 Å². The van der Waals surface area contributed by atoms with Gasteiger partial charge < -0.3 is 24.4 Å². The molecule has 2 aliphatic rings. The van der Waals surface area contributed by atoms with E-state index in [1.807, 2.05) is 55.4 Å². The Morgan fingerprint density at radius 1 is 1.10 bits per heavy atom. The standard InChI is InChI=1S/C32H45N3O5/c1-5-6-16-34(17-9-15-33(2)3)30(36)22-35-21-26(23-12-13-29-25(19-23)14-18-40-29)31(32(37)38)27(35)20-24-10-7-8-11-28(24)39-4/h7-8,10-13,19,26-27,31H,5-6,9,14-18,20-22H2,1-4H3,(H,37,38)/t26-,27+,31-/m1/s1. The molecule has 1 fully saturated rings. The Labute approximate surface area is 238 Å². The molecule has 0 unspecified atom stereocenters. The van der Waals surface area contributed by atoms with Gasteiger partial charge in [0.25, 0.3) is 0 Å². The molecule has 0 aromatic heterocycles. The number of likely N-dealkylation sites (tertiary alicyclic amines) is 1. The molecule has 8 nitrogen and oxygen atoms in total. The number of nitrogens with zero attached hydrogens (tertiary/aromatic N) is 3. The normalized spacial score (nSPS) is 20.4. The van der Waals surface area contributed by atoms with Crippen molar-refractivity contribution in [2.24, 2.45) is 5.92 Å². The molecule has 0 bridgehead atoms. The van der Waals surface area contributed by atoms with Gasteiger partial charge in [-0.1, -0.05) is 43.7 Å². The lowest BCUT2D eigenvalue weighted by Gasteiger charge is -2.30. The number of carbonyl (C=O) groups is 2. The van der Waals surface area contributed by atoms with Crippen molar-refractivity contribution in [3.8, 4) is 11.5 Å². The van der Waals surface area contributed by atoms with Crippen LogP contribution >= 0.6 is 0 Å². The third kappa shape index (κ3) is 7.15. The highest BCUT2D eigenvalue weighted by Gasteiger charge is 2.47. The first-order valence-electron chi connectivity index (χ1n) is 14.6. The monoisotopic (exact) mass is 551 g/mol. The molecule has 3 atom stereocenters. The van der Waals surface area contributed by atoms with Gasteiger partial charge in [-0.3, -0.25) is 14.5 Å². The van der Waals surface area contributed by atoms with E-state index < -0.39 is 11.9 Å². The van der Waals surface area contributed by atoms with Gasteiger partial charge in [0.05, 0.1) is 26.2 Å². The first kappa shape index (κ1) is 29.9. The van der Waals surface area contributed by atoms with Gasteiger partial charge in [0.1, 0.15) is 11.5 Å². The maximum absolute atomic E-state index is 13.8. The van der Waals surface area contributed by atoms with E-state index in [9.17, 15) is 14.7 Å². The van der Waals surface area contributed by atoms with Crippen molar-refractivity contribution < 1.29 is 24.2 Å². The molecule has 2 aromatic carbocycles. The van der Waals surface area contributed by atoms with Gasteiger partial charge in [0.15, 0.2) is 0 Å². The zero-order valence-corrected chi connectivity index (χ0v) is 24.5. The fourth-order valence-electron chi connectivity index (χ4n) is 6.18. The van der Waals surface area contributed by atoms with Crippen molar-refractivity contribution in [3.63, 3.8) is 0 Å². The van der Waals surface area contributed by atoms with E-state index in [1.165, 1.54) is 0 Å². The second kappa shape index (κ2) is 14.0. The number of fused-ring (bicyclic) bond motifs is 1. The minimum Gasteiger partial charge on any atom is -0.496 e. The van der Waals surface area contributed by atoms with Crippen LogP contribution in [0, 0.1) is 5.92 Å². The minimum atomic E-state index is -0.828. The summed E-state index contributed by atoms with van der Waals surface area (Å²) >= 11 is 0. The molecular formula is C32H45N3O5. The molecular weight excluding hydrogens is 506 g/mol. The van der Waals surface area contributed by atoms with Gasteiger partial charge in [0.2, 0.25) is 5.91 Å². The minimum absolute atomic E-state index is 0.0735. The molecule has 0 aliphatic carbocycles. The number of rotatable bonds is 14. The third-order valence-electron chi connectivity index (χ3n) is 8.30. The van der Waals surface area contributed by atoms with Crippen molar-refractivity contribution in [1.29, 1.82) is 0 Å². The number of carboxylic acid groups (broad SMARTS) is 1. The lowest BCUT2D eigenvalue weighted by Crippen LogP contribution is -2.45. The maximum atomic E-state index is 13.8. The molecule has 218 valence electrons. The van der Waals surface area contributed by atoms with E-state index in [0.717, 1.165) is 67.0 Å². The van der Waals surface area contributed by atoms with Gasteiger partial charge in [0, 0.05) is 38.0 Å². The van der Waals surface area contributed by atoms with E-state index in [2.05, 4.69) is 22.8 Å². The van der Waals surface area contributed by atoms with Crippen LogP contribution in [0.15, 0.2) is 42.5 Å². The molecule has 0 spiro atoms. The molecule has 0 radical (unpaired) electrons. The number of hydrogen-bond donors (Lipinski definition) is 1. The summed E-state index contributed by atoms with van der Waals surface area (Å²) in [6, 6.07) is 13.5. The topological polar surface area (TPSA) is 82.5 Å². The zero-order chi connectivity index (χ0) is 28.6. The summed E-state index contributed by atoms with van der Waals surface area (Å²) in [5.41, 5.74) is 3.09. The summed E-state index contributed by atoms with van der Waals surface area (Å²) in [5.74, 6) is -0.0146. The van der Waals surface area contributed by atoms with Gasteiger partial charge in [-0.05, 0) is 68.7 Å². The Morgan fingerprint density at radius 2 is 1.88 bits per heavy atom. The zero-order valence-electron chi connectivity index (χ0n) is 24.5. The predicted molar refractivity (Wildman–Crippen MR) is 156 cm³/mol. The van der Waals surface area contributed by atoms with Crippen LogP contribution in [0.4, 0.5) is 0 Å². The largest absolute Gasteiger partial charge is 0.496 e. The smallest absolute Gasteiger partial charge is 0.308 e. The Bertz CT molecular complexity index is 1150. The van der Waals surface area contributed by atoms with Crippen LogP contribution in [0.3, 0.4) is 0 Å².